The van der Waals surface area contributed by atoms with Crippen molar-refractivity contribution in [2.75, 3.05) is 0 Å². The molecule has 0 saturated carbocycles. The first-order valence-corrected chi connectivity index (χ1v) is 6.70. The van der Waals surface area contributed by atoms with Gasteiger partial charge in [-0.1, -0.05) is 36.4 Å². The van der Waals surface area contributed by atoms with Gasteiger partial charge in [0.25, 0.3) is 0 Å². The standard InChI is InChI=1S/C15H15BrFN/c16-13-8-7-12(10-14(13)17)15(18)9-6-11-4-2-1-3-5-11/h1-5,7-8,10,15H,6,9,18H2. The third-order valence-corrected chi connectivity index (χ3v) is 3.60. The topological polar surface area (TPSA) is 26.0 Å². The molecule has 2 rings (SSSR count). The van der Waals surface area contributed by atoms with Gasteiger partial charge < -0.3 is 5.73 Å². The van der Waals surface area contributed by atoms with E-state index in [0.717, 1.165) is 18.4 Å². The van der Waals surface area contributed by atoms with E-state index in [9.17, 15) is 4.39 Å². The molecule has 0 bridgehead atoms. The first kappa shape index (κ1) is 13.2. The van der Waals surface area contributed by atoms with Gasteiger partial charge in [0.05, 0.1) is 4.47 Å². The molecule has 0 aliphatic rings. The van der Waals surface area contributed by atoms with Crippen molar-refractivity contribution in [2.45, 2.75) is 18.9 Å². The lowest BCUT2D eigenvalue weighted by Crippen LogP contribution is -2.11. The molecule has 2 N–H and O–H groups in total. The van der Waals surface area contributed by atoms with E-state index in [1.54, 1.807) is 6.07 Å². The zero-order valence-corrected chi connectivity index (χ0v) is 11.5. The molecular weight excluding hydrogens is 293 g/mol. The lowest BCUT2D eigenvalue weighted by atomic mass is 10.00. The van der Waals surface area contributed by atoms with E-state index in [4.69, 9.17) is 5.73 Å². The Bertz CT molecular complexity index is 513. The first-order valence-electron chi connectivity index (χ1n) is 5.91. The molecule has 0 saturated heterocycles. The molecule has 2 aromatic rings. The lowest BCUT2D eigenvalue weighted by molar-refractivity contribution is 0.604. The predicted octanol–water partition coefficient (Wildman–Crippen LogP) is 4.22. The molecule has 0 amide bonds. The summed E-state index contributed by atoms with van der Waals surface area (Å²) in [4.78, 5) is 0. The van der Waals surface area contributed by atoms with Crippen LogP contribution >= 0.6 is 15.9 Å². The molecule has 0 aromatic heterocycles. The van der Waals surface area contributed by atoms with Crippen molar-refractivity contribution in [2.24, 2.45) is 5.73 Å². The van der Waals surface area contributed by atoms with Crippen LogP contribution in [0.3, 0.4) is 0 Å². The van der Waals surface area contributed by atoms with Crippen molar-refractivity contribution in [3.8, 4) is 0 Å². The highest BCUT2D eigenvalue weighted by Crippen LogP contribution is 2.22. The molecular formula is C15H15BrFN. The zero-order chi connectivity index (χ0) is 13.0. The number of nitrogens with two attached hydrogens (primary N) is 1. The van der Waals surface area contributed by atoms with Crippen LogP contribution in [0.15, 0.2) is 53.0 Å². The van der Waals surface area contributed by atoms with Gasteiger partial charge in [-0.15, -0.1) is 0 Å². The zero-order valence-electron chi connectivity index (χ0n) is 9.94. The quantitative estimate of drug-likeness (QED) is 0.899. The van der Waals surface area contributed by atoms with E-state index >= 15 is 0 Å². The molecule has 0 aliphatic carbocycles. The second kappa shape index (κ2) is 6.12. The number of benzene rings is 2. The highest BCUT2D eigenvalue weighted by Gasteiger charge is 2.08. The van der Waals surface area contributed by atoms with Gasteiger partial charge in [-0.3, -0.25) is 0 Å². The van der Waals surface area contributed by atoms with Crippen molar-refractivity contribution in [1.29, 1.82) is 0 Å². The average molecular weight is 308 g/mol. The Hall–Kier alpha value is -1.19. The SMILES string of the molecule is NC(CCc1ccccc1)c1ccc(Br)c(F)c1. The number of aryl methyl sites for hydroxylation is 1. The maximum Gasteiger partial charge on any atom is 0.137 e. The van der Waals surface area contributed by atoms with Crippen LogP contribution in [-0.4, -0.2) is 0 Å². The van der Waals surface area contributed by atoms with Gasteiger partial charge >= 0.3 is 0 Å². The smallest absolute Gasteiger partial charge is 0.137 e. The van der Waals surface area contributed by atoms with Gasteiger partial charge in [0.2, 0.25) is 0 Å². The molecule has 1 nitrogen and oxygen atoms in total. The van der Waals surface area contributed by atoms with E-state index in [-0.39, 0.29) is 11.9 Å². The van der Waals surface area contributed by atoms with Crippen LogP contribution in [0.25, 0.3) is 0 Å². The Morgan fingerprint density at radius 2 is 1.83 bits per heavy atom. The second-order valence-corrected chi connectivity index (χ2v) is 5.16. The summed E-state index contributed by atoms with van der Waals surface area (Å²) in [6.07, 6.45) is 1.71. The van der Waals surface area contributed by atoms with Gasteiger partial charge in [0, 0.05) is 6.04 Å². The number of halogens is 2. The summed E-state index contributed by atoms with van der Waals surface area (Å²) in [7, 11) is 0. The summed E-state index contributed by atoms with van der Waals surface area (Å²) < 4.78 is 13.9. The third-order valence-electron chi connectivity index (χ3n) is 2.96. The second-order valence-electron chi connectivity index (χ2n) is 4.30. The fraction of sp³-hybridized carbons (Fsp3) is 0.200. The van der Waals surface area contributed by atoms with Crippen LogP contribution in [0.1, 0.15) is 23.6 Å². The van der Waals surface area contributed by atoms with E-state index < -0.39 is 0 Å². The summed E-state index contributed by atoms with van der Waals surface area (Å²) in [6, 6.07) is 15.1. The first-order chi connectivity index (χ1) is 8.66. The van der Waals surface area contributed by atoms with Crippen molar-refractivity contribution in [3.05, 3.63) is 69.9 Å². The molecule has 2 aromatic carbocycles. The Morgan fingerprint density at radius 3 is 2.50 bits per heavy atom. The number of rotatable bonds is 4. The highest BCUT2D eigenvalue weighted by atomic mass is 79.9. The van der Waals surface area contributed by atoms with Crippen LogP contribution in [0.4, 0.5) is 4.39 Å². The highest BCUT2D eigenvalue weighted by molar-refractivity contribution is 9.10. The fourth-order valence-electron chi connectivity index (χ4n) is 1.88. The van der Waals surface area contributed by atoms with Crippen molar-refractivity contribution in [1.82, 2.24) is 0 Å². The molecule has 1 unspecified atom stereocenters. The normalized spacial score (nSPS) is 12.4. The molecule has 0 heterocycles. The van der Waals surface area contributed by atoms with Gasteiger partial charge in [-0.2, -0.15) is 0 Å². The van der Waals surface area contributed by atoms with Crippen LogP contribution in [0, 0.1) is 5.82 Å². The molecule has 0 spiro atoms. The van der Waals surface area contributed by atoms with Crippen LogP contribution < -0.4 is 5.73 Å². The minimum Gasteiger partial charge on any atom is -0.324 e. The fourth-order valence-corrected chi connectivity index (χ4v) is 2.12. The lowest BCUT2D eigenvalue weighted by Gasteiger charge is -2.12. The minimum absolute atomic E-state index is 0.132. The summed E-state index contributed by atoms with van der Waals surface area (Å²) in [5, 5.41) is 0. The summed E-state index contributed by atoms with van der Waals surface area (Å²) in [5.74, 6) is -0.261. The van der Waals surface area contributed by atoms with Gasteiger partial charge in [0.15, 0.2) is 0 Å². The largest absolute Gasteiger partial charge is 0.324 e. The summed E-state index contributed by atoms with van der Waals surface area (Å²) >= 11 is 3.14. The van der Waals surface area contributed by atoms with Gasteiger partial charge in [0.1, 0.15) is 5.82 Å². The molecule has 0 radical (unpaired) electrons. The number of hydrogen-bond acceptors (Lipinski definition) is 1. The monoisotopic (exact) mass is 307 g/mol. The van der Waals surface area contributed by atoms with E-state index in [2.05, 4.69) is 28.1 Å². The van der Waals surface area contributed by atoms with E-state index in [1.165, 1.54) is 11.6 Å². The predicted molar refractivity (Wildman–Crippen MR) is 75.8 cm³/mol. The van der Waals surface area contributed by atoms with Gasteiger partial charge in [-0.25, -0.2) is 4.39 Å². The van der Waals surface area contributed by atoms with E-state index in [0.29, 0.717) is 4.47 Å². The maximum atomic E-state index is 13.4. The third kappa shape index (κ3) is 3.40. The molecule has 0 fully saturated rings. The molecule has 1 atom stereocenters. The Balaban J connectivity index is 1.99. The molecule has 0 aliphatic heterocycles. The summed E-state index contributed by atoms with van der Waals surface area (Å²) in [6.45, 7) is 0. The van der Waals surface area contributed by atoms with Crippen molar-refractivity contribution >= 4 is 15.9 Å². The van der Waals surface area contributed by atoms with Gasteiger partial charge in [-0.05, 0) is 52.0 Å². The van der Waals surface area contributed by atoms with E-state index in [1.807, 2.05) is 24.3 Å². The average Bonchev–Trinajstić information content (AvgIpc) is 2.40. The Labute approximate surface area is 115 Å². The summed E-state index contributed by atoms with van der Waals surface area (Å²) in [5.41, 5.74) is 8.17. The molecule has 94 valence electrons. The minimum atomic E-state index is -0.261. The Morgan fingerprint density at radius 1 is 1.11 bits per heavy atom. The molecule has 3 heteroatoms. The van der Waals surface area contributed by atoms with Crippen LogP contribution in [-0.2, 0) is 6.42 Å². The van der Waals surface area contributed by atoms with Crippen LogP contribution in [0.5, 0.6) is 0 Å². The number of hydrogen-bond donors (Lipinski definition) is 1. The molecule has 18 heavy (non-hydrogen) atoms. The van der Waals surface area contributed by atoms with Crippen molar-refractivity contribution in [3.63, 3.8) is 0 Å². The van der Waals surface area contributed by atoms with Crippen LogP contribution in [0.2, 0.25) is 0 Å². The Kier molecular flexibility index (Phi) is 4.50. The maximum absolute atomic E-state index is 13.4. The van der Waals surface area contributed by atoms with Crippen molar-refractivity contribution < 1.29 is 4.39 Å².